The first-order valence-corrected chi connectivity index (χ1v) is 10.8. The number of hydrogen-bond acceptors (Lipinski definition) is 5. The highest BCUT2D eigenvalue weighted by molar-refractivity contribution is 6.06. The van der Waals surface area contributed by atoms with Crippen molar-refractivity contribution in [2.45, 2.75) is 26.4 Å². The number of benzene rings is 2. The Kier molecular flexibility index (Phi) is 6.63. The number of carbonyl (C=O) groups excluding carboxylic acids is 2. The van der Waals surface area contributed by atoms with E-state index in [1.165, 1.54) is 15.3 Å². The van der Waals surface area contributed by atoms with Crippen LogP contribution in [-0.2, 0) is 13.1 Å². The van der Waals surface area contributed by atoms with Gasteiger partial charge in [0.25, 0.3) is 22.9 Å². The summed E-state index contributed by atoms with van der Waals surface area (Å²) in [6, 6.07) is 19.0. The average Bonchev–Trinajstić information content (AvgIpc) is 2.86. The summed E-state index contributed by atoms with van der Waals surface area (Å²) in [5, 5.41) is 4.92. The second kappa shape index (κ2) is 9.95. The number of aromatic nitrogens is 3. The summed E-state index contributed by atoms with van der Waals surface area (Å²) in [4.78, 5) is 51.0. The number of fused-ring (bicyclic) bond motifs is 1. The van der Waals surface area contributed by atoms with Gasteiger partial charge in [-0.2, -0.15) is 5.10 Å². The highest BCUT2D eigenvalue weighted by Gasteiger charge is 2.18. The fourth-order valence-corrected chi connectivity index (χ4v) is 3.62. The van der Waals surface area contributed by atoms with Gasteiger partial charge >= 0.3 is 0 Å². The zero-order valence-corrected chi connectivity index (χ0v) is 18.5. The van der Waals surface area contributed by atoms with Gasteiger partial charge in [0.05, 0.1) is 11.9 Å². The van der Waals surface area contributed by atoms with E-state index in [1.54, 1.807) is 36.5 Å². The molecule has 2 aromatic carbocycles. The molecule has 2 amide bonds. The number of aryl methyl sites for hydroxylation is 1. The first kappa shape index (κ1) is 22.7. The van der Waals surface area contributed by atoms with Gasteiger partial charge in [0.15, 0.2) is 5.69 Å². The van der Waals surface area contributed by atoms with E-state index in [0.717, 1.165) is 5.56 Å². The minimum Gasteiger partial charge on any atom is -0.310 e. The lowest BCUT2D eigenvalue weighted by Gasteiger charge is -2.12. The lowest BCUT2D eigenvalue weighted by molar-refractivity contribution is 0.0842. The maximum absolute atomic E-state index is 12.9. The van der Waals surface area contributed by atoms with Crippen molar-refractivity contribution < 1.29 is 9.59 Å². The Morgan fingerprint density at radius 3 is 2.24 bits per heavy atom. The van der Waals surface area contributed by atoms with Crippen LogP contribution in [0.3, 0.4) is 0 Å². The van der Waals surface area contributed by atoms with Crippen molar-refractivity contribution in [1.82, 2.24) is 25.2 Å². The van der Waals surface area contributed by atoms with E-state index in [1.807, 2.05) is 37.3 Å². The number of nitrogens with zero attached hydrogens (tertiary/aromatic N) is 3. The number of nitrogens with one attached hydrogen (secondary N) is 2. The molecule has 2 aromatic heterocycles. The van der Waals surface area contributed by atoms with E-state index in [4.69, 9.17) is 0 Å². The summed E-state index contributed by atoms with van der Waals surface area (Å²) in [5.74, 6) is -1.46. The Labute approximate surface area is 194 Å². The van der Waals surface area contributed by atoms with Crippen LogP contribution >= 0.6 is 0 Å². The third-order valence-electron chi connectivity index (χ3n) is 5.27. The van der Waals surface area contributed by atoms with E-state index < -0.39 is 17.4 Å². The smallest absolute Gasteiger partial charge is 0.290 e. The van der Waals surface area contributed by atoms with Gasteiger partial charge in [0.1, 0.15) is 5.56 Å². The van der Waals surface area contributed by atoms with Crippen LogP contribution in [0, 0.1) is 0 Å². The molecule has 0 radical (unpaired) electrons. The standard InChI is InChI=1S/C25H23N5O4/c1-2-14-30-25(34)19-12-7-6-11-18(19)21(28-30)23(32)27-26-22(31)20-13-8-15-29(24(20)33)16-17-9-4-3-5-10-17/h3-13,15H,2,14,16H2,1H3,(H,26,31)(H,27,32). The molecular formula is C25H23N5O4. The number of hydrazine groups is 1. The van der Waals surface area contributed by atoms with Crippen LogP contribution in [-0.4, -0.2) is 26.2 Å². The fourth-order valence-electron chi connectivity index (χ4n) is 3.62. The molecule has 0 spiro atoms. The molecule has 2 heterocycles. The van der Waals surface area contributed by atoms with E-state index in [-0.39, 0.29) is 16.8 Å². The SMILES string of the molecule is CCCn1nc(C(=O)NNC(=O)c2cccn(Cc3ccccc3)c2=O)c2ccccc2c1=O. The van der Waals surface area contributed by atoms with Crippen molar-refractivity contribution in [3.05, 3.63) is 110 Å². The lowest BCUT2D eigenvalue weighted by Crippen LogP contribution is -2.44. The predicted octanol–water partition coefficient (Wildman–Crippen LogP) is 2.09. The second-order valence-electron chi connectivity index (χ2n) is 7.67. The van der Waals surface area contributed by atoms with Gasteiger partial charge < -0.3 is 4.57 Å². The summed E-state index contributed by atoms with van der Waals surface area (Å²) < 4.78 is 2.65. The number of hydrogen-bond donors (Lipinski definition) is 2. The van der Waals surface area contributed by atoms with Gasteiger partial charge in [0.2, 0.25) is 0 Å². The molecule has 2 N–H and O–H groups in total. The zero-order chi connectivity index (χ0) is 24.1. The number of pyridine rings is 1. The first-order chi connectivity index (χ1) is 16.5. The summed E-state index contributed by atoms with van der Waals surface area (Å²) in [6.45, 7) is 2.55. The molecule has 0 aliphatic heterocycles. The maximum Gasteiger partial charge on any atom is 0.290 e. The summed E-state index contributed by atoms with van der Waals surface area (Å²) in [6.07, 6.45) is 2.25. The average molecular weight is 457 g/mol. The molecule has 172 valence electrons. The predicted molar refractivity (Wildman–Crippen MR) is 127 cm³/mol. The third kappa shape index (κ3) is 4.63. The molecule has 4 aromatic rings. The first-order valence-electron chi connectivity index (χ1n) is 10.8. The topological polar surface area (TPSA) is 115 Å². The Balaban J connectivity index is 1.55. The van der Waals surface area contributed by atoms with Crippen molar-refractivity contribution in [1.29, 1.82) is 0 Å². The largest absolute Gasteiger partial charge is 0.310 e. The van der Waals surface area contributed by atoms with E-state index in [0.29, 0.717) is 30.3 Å². The molecule has 34 heavy (non-hydrogen) atoms. The van der Waals surface area contributed by atoms with E-state index in [2.05, 4.69) is 16.0 Å². The van der Waals surface area contributed by atoms with Gasteiger partial charge in [-0.15, -0.1) is 0 Å². The van der Waals surface area contributed by atoms with Crippen LogP contribution in [0.2, 0.25) is 0 Å². The van der Waals surface area contributed by atoms with Crippen LogP contribution in [0.5, 0.6) is 0 Å². The van der Waals surface area contributed by atoms with Crippen LogP contribution in [0.4, 0.5) is 0 Å². The molecule has 0 saturated heterocycles. The van der Waals surface area contributed by atoms with Crippen molar-refractivity contribution in [2.75, 3.05) is 0 Å². The molecule has 0 unspecified atom stereocenters. The molecule has 0 aliphatic rings. The quantitative estimate of drug-likeness (QED) is 0.430. The molecule has 0 aliphatic carbocycles. The van der Waals surface area contributed by atoms with E-state index in [9.17, 15) is 19.2 Å². The highest BCUT2D eigenvalue weighted by Crippen LogP contribution is 2.13. The molecule has 4 rings (SSSR count). The van der Waals surface area contributed by atoms with Crippen LogP contribution in [0.1, 0.15) is 39.8 Å². The lowest BCUT2D eigenvalue weighted by atomic mass is 10.1. The van der Waals surface area contributed by atoms with E-state index >= 15 is 0 Å². The number of rotatable bonds is 6. The van der Waals surface area contributed by atoms with Crippen molar-refractivity contribution >= 4 is 22.6 Å². The number of amides is 2. The minimum absolute atomic E-state index is 0.00139. The summed E-state index contributed by atoms with van der Waals surface area (Å²) in [7, 11) is 0. The van der Waals surface area contributed by atoms with Gasteiger partial charge in [-0.25, -0.2) is 4.68 Å². The molecule has 0 bridgehead atoms. The minimum atomic E-state index is -0.757. The summed E-state index contributed by atoms with van der Waals surface area (Å²) >= 11 is 0. The maximum atomic E-state index is 12.9. The summed E-state index contributed by atoms with van der Waals surface area (Å²) in [5.41, 5.74) is 4.61. The van der Waals surface area contributed by atoms with Crippen LogP contribution in [0.25, 0.3) is 10.8 Å². The van der Waals surface area contributed by atoms with Gasteiger partial charge in [-0.05, 0) is 30.2 Å². The fraction of sp³-hybridized carbons (Fsp3) is 0.160. The Morgan fingerprint density at radius 2 is 1.50 bits per heavy atom. The monoisotopic (exact) mass is 457 g/mol. The Hall–Kier alpha value is -4.53. The van der Waals surface area contributed by atoms with Crippen molar-refractivity contribution in [3.63, 3.8) is 0 Å². The molecule has 0 fully saturated rings. The van der Waals surface area contributed by atoms with Gasteiger partial charge in [-0.1, -0.05) is 55.5 Å². The molecule has 9 heteroatoms. The molecule has 0 atom stereocenters. The van der Waals surface area contributed by atoms with Crippen LogP contribution in [0.15, 0.2) is 82.5 Å². The zero-order valence-electron chi connectivity index (χ0n) is 18.5. The number of carbonyl (C=O) groups is 2. The Bertz CT molecular complexity index is 1470. The normalized spacial score (nSPS) is 10.7. The van der Waals surface area contributed by atoms with Crippen molar-refractivity contribution in [3.8, 4) is 0 Å². The van der Waals surface area contributed by atoms with Gasteiger partial charge in [-0.3, -0.25) is 30.0 Å². The molecule has 0 saturated carbocycles. The highest BCUT2D eigenvalue weighted by atomic mass is 16.2. The van der Waals surface area contributed by atoms with Crippen molar-refractivity contribution in [2.24, 2.45) is 0 Å². The molecule has 9 nitrogen and oxygen atoms in total. The Morgan fingerprint density at radius 1 is 0.824 bits per heavy atom. The molecular weight excluding hydrogens is 434 g/mol. The third-order valence-corrected chi connectivity index (χ3v) is 5.27. The van der Waals surface area contributed by atoms with Gasteiger partial charge in [0, 0.05) is 18.1 Å². The van der Waals surface area contributed by atoms with Crippen LogP contribution < -0.4 is 22.0 Å². The second-order valence-corrected chi connectivity index (χ2v) is 7.67.